The molecule has 3 nitrogen and oxygen atoms in total. The summed E-state index contributed by atoms with van der Waals surface area (Å²) in [6, 6.07) is 0. The lowest BCUT2D eigenvalue weighted by molar-refractivity contribution is -0.188. The summed E-state index contributed by atoms with van der Waals surface area (Å²) in [5, 5.41) is 8.33. The Bertz CT molecular complexity index is 918. The van der Waals surface area contributed by atoms with Crippen molar-refractivity contribution in [2.24, 2.45) is 4.99 Å². The van der Waals surface area contributed by atoms with Crippen LogP contribution in [0.1, 0.15) is 27.8 Å². The molecule has 186 valence electrons. The van der Waals surface area contributed by atoms with E-state index in [0.717, 1.165) is 12.4 Å². The zero-order valence-corrected chi connectivity index (χ0v) is 15.8. The van der Waals surface area contributed by atoms with Gasteiger partial charge in [0.05, 0.1) is 33.5 Å². The molecule has 0 spiro atoms. The number of alkyl halides is 15. The number of rotatable bonds is 1. The van der Waals surface area contributed by atoms with Crippen molar-refractivity contribution < 1.29 is 65.9 Å². The van der Waals surface area contributed by atoms with E-state index in [0.29, 0.717) is 0 Å². The summed E-state index contributed by atoms with van der Waals surface area (Å²) in [6.45, 7) is 0. The third-order valence-electron chi connectivity index (χ3n) is 3.46. The quantitative estimate of drug-likeness (QED) is 0.137. The van der Waals surface area contributed by atoms with E-state index in [2.05, 4.69) is 4.99 Å². The Labute approximate surface area is 176 Å². The van der Waals surface area contributed by atoms with Gasteiger partial charge >= 0.3 is 30.9 Å². The first-order valence-electron chi connectivity index (χ1n) is 7.37. The molecule has 0 bridgehead atoms. The molecule has 1 aromatic rings. The van der Waals surface area contributed by atoms with Crippen molar-refractivity contribution in [3.05, 3.63) is 27.8 Å². The molecule has 0 aliphatic heterocycles. The predicted molar refractivity (Wildman–Crippen MR) is 80.8 cm³/mol. The van der Waals surface area contributed by atoms with Crippen LogP contribution >= 0.6 is 11.8 Å². The zero-order valence-electron chi connectivity index (χ0n) is 15.0. The Kier molecular flexibility index (Phi) is 7.50. The fourth-order valence-electron chi connectivity index (χ4n) is 2.53. The number of aliphatic imine (C=N–C) groups is 1. The SMILES string of the molecule is CSC(=Nc1c(C(F)(F)F)c(C(F)(F)F)c(C(F)(F)F)c(C(F)(F)F)c1C(F)(F)F)NC#N. The highest BCUT2D eigenvalue weighted by Crippen LogP contribution is 2.58. The van der Waals surface area contributed by atoms with Crippen LogP contribution in [0.25, 0.3) is 0 Å². The summed E-state index contributed by atoms with van der Waals surface area (Å²) >= 11 is -0.0386. The predicted octanol–water partition coefficient (Wildman–Crippen LogP) is 7.20. The van der Waals surface area contributed by atoms with Gasteiger partial charge in [-0.15, -0.1) is 0 Å². The Morgan fingerprint density at radius 1 is 0.636 bits per heavy atom. The molecule has 19 heteroatoms. The Morgan fingerprint density at radius 3 is 1.12 bits per heavy atom. The molecule has 33 heavy (non-hydrogen) atoms. The highest BCUT2D eigenvalue weighted by Gasteiger charge is 2.60. The fourth-order valence-corrected chi connectivity index (χ4v) is 2.86. The van der Waals surface area contributed by atoms with Crippen LogP contribution in [0.4, 0.5) is 71.5 Å². The first-order chi connectivity index (χ1) is 14.5. The second-order valence-electron chi connectivity index (χ2n) is 5.57. The first kappa shape index (κ1) is 28.5. The van der Waals surface area contributed by atoms with Crippen LogP contribution in [0, 0.1) is 11.5 Å². The Balaban J connectivity index is 4.84. The van der Waals surface area contributed by atoms with E-state index in [9.17, 15) is 65.9 Å². The lowest BCUT2D eigenvalue weighted by Crippen LogP contribution is -2.31. The van der Waals surface area contributed by atoms with E-state index in [4.69, 9.17) is 5.26 Å². The fraction of sp³-hybridized carbons (Fsp3) is 0.429. The van der Waals surface area contributed by atoms with Crippen LogP contribution in [-0.4, -0.2) is 11.4 Å². The van der Waals surface area contributed by atoms with Gasteiger partial charge < -0.3 is 0 Å². The number of hydrogen-bond donors (Lipinski definition) is 1. The first-order valence-corrected chi connectivity index (χ1v) is 8.59. The highest BCUT2D eigenvalue weighted by atomic mass is 32.2. The lowest BCUT2D eigenvalue weighted by Gasteiger charge is -2.29. The number of amidine groups is 1. The van der Waals surface area contributed by atoms with E-state index in [1.54, 1.807) is 0 Å². The number of nitrogens with zero attached hydrogens (tertiary/aromatic N) is 2. The molecule has 0 heterocycles. The van der Waals surface area contributed by atoms with Crippen LogP contribution in [0.2, 0.25) is 0 Å². The van der Waals surface area contributed by atoms with Gasteiger partial charge in [0.1, 0.15) is 0 Å². The van der Waals surface area contributed by atoms with Crippen LogP contribution in [0.3, 0.4) is 0 Å². The van der Waals surface area contributed by atoms with Crippen molar-refractivity contribution >= 4 is 22.6 Å². The summed E-state index contributed by atoms with van der Waals surface area (Å²) in [5.41, 5.74) is -23.1. The smallest absolute Gasteiger partial charge is 0.271 e. The maximum absolute atomic E-state index is 13.5. The van der Waals surface area contributed by atoms with E-state index in [1.165, 1.54) is 5.32 Å². The molecule has 0 aliphatic carbocycles. The largest absolute Gasteiger partial charge is 0.419 e. The molecular formula is C14H4F15N3S. The monoisotopic (exact) mass is 531 g/mol. The molecule has 0 fully saturated rings. The van der Waals surface area contributed by atoms with Crippen molar-refractivity contribution in [3.63, 3.8) is 0 Å². The van der Waals surface area contributed by atoms with Gasteiger partial charge in [-0.05, 0) is 6.26 Å². The van der Waals surface area contributed by atoms with Crippen molar-refractivity contribution in [1.29, 1.82) is 5.26 Å². The maximum Gasteiger partial charge on any atom is 0.419 e. The van der Waals surface area contributed by atoms with E-state index in [-0.39, 0.29) is 11.8 Å². The van der Waals surface area contributed by atoms with Crippen LogP contribution in [0.15, 0.2) is 4.99 Å². The third kappa shape index (κ3) is 6.09. The molecule has 0 saturated carbocycles. The summed E-state index contributed by atoms with van der Waals surface area (Å²) in [7, 11) is 0. The Hall–Kier alpha value is -2.52. The van der Waals surface area contributed by atoms with Crippen molar-refractivity contribution in [2.45, 2.75) is 30.9 Å². The zero-order chi connectivity index (χ0) is 26.4. The minimum Gasteiger partial charge on any atom is -0.271 e. The normalized spacial score (nSPS) is 14.3. The van der Waals surface area contributed by atoms with E-state index >= 15 is 0 Å². The summed E-state index contributed by atoms with van der Waals surface area (Å²) in [6.07, 6.45) is -32.5. The van der Waals surface area contributed by atoms with Gasteiger partial charge in [-0.3, -0.25) is 5.32 Å². The number of thioether (sulfide) groups is 1. The van der Waals surface area contributed by atoms with Crippen LogP contribution in [0.5, 0.6) is 0 Å². The number of nitrogens with one attached hydrogen (secondary N) is 1. The van der Waals surface area contributed by atoms with Gasteiger partial charge in [-0.25, -0.2) is 4.99 Å². The van der Waals surface area contributed by atoms with Gasteiger partial charge in [-0.1, -0.05) is 11.8 Å². The summed E-state index contributed by atoms with van der Waals surface area (Å²) in [4.78, 5) is 2.41. The number of nitriles is 1. The van der Waals surface area contributed by atoms with Gasteiger partial charge in [0, 0.05) is 0 Å². The van der Waals surface area contributed by atoms with E-state index < -0.39 is 69.6 Å². The lowest BCUT2D eigenvalue weighted by atomic mass is 9.87. The molecule has 1 aromatic carbocycles. The minimum atomic E-state index is -6.98. The standard InChI is InChI=1S/C14H4F15N3S/c1-33-9(31-2-30)32-8-6(13(24,25)26)4(11(18,19)20)3(10(15,16)17)5(12(21,22)23)7(8)14(27,28)29/h1H3,(H,31,32). The average Bonchev–Trinajstić information content (AvgIpc) is 2.55. The Morgan fingerprint density at radius 2 is 0.909 bits per heavy atom. The summed E-state index contributed by atoms with van der Waals surface area (Å²) in [5.74, 6) is 0. The molecule has 0 radical (unpaired) electrons. The number of benzene rings is 1. The van der Waals surface area contributed by atoms with Gasteiger partial charge in [-0.2, -0.15) is 71.1 Å². The van der Waals surface area contributed by atoms with Crippen molar-refractivity contribution in [2.75, 3.05) is 6.26 Å². The van der Waals surface area contributed by atoms with Crippen LogP contribution < -0.4 is 5.32 Å². The van der Waals surface area contributed by atoms with Crippen molar-refractivity contribution in [3.8, 4) is 6.19 Å². The van der Waals surface area contributed by atoms with Gasteiger partial charge in [0.15, 0.2) is 11.4 Å². The molecule has 0 unspecified atom stereocenters. The molecular weight excluding hydrogens is 527 g/mol. The molecule has 0 aromatic heterocycles. The average molecular weight is 531 g/mol. The molecule has 0 amide bonds. The van der Waals surface area contributed by atoms with Crippen molar-refractivity contribution in [1.82, 2.24) is 5.32 Å². The van der Waals surface area contributed by atoms with Crippen LogP contribution in [-0.2, 0) is 30.9 Å². The van der Waals surface area contributed by atoms with E-state index in [1.807, 2.05) is 0 Å². The molecule has 0 atom stereocenters. The molecule has 1 rings (SSSR count). The number of halogens is 15. The third-order valence-corrected chi connectivity index (χ3v) is 4.04. The number of hydrogen-bond acceptors (Lipinski definition) is 3. The molecule has 0 aliphatic rings. The molecule has 1 N–H and O–H groups in total. The van der Waals surface area contributed by atoms with Gasteiger partial charge in [0.25, 0.3) is 0 Å². The maximum atomic E-state index is 13.5. The second kappa shape index (κ2) is 8.68. The highest BCUT2D eigenvalue weighted by molar-refractivity contribution is 8.13. The second-order valence-corrected chi connectivity index (χ2v) is 6.37. The minimum absolute atomic E-state index is 0.0386. The topological polar surface area (TPSA) is 48.2 Å². The molecule has 0 saturated heterocycles. The summed E-state index contributed by atoms with van der Waals surface area (Å²) < 4.78 is 201. The van der Waals surface area contributed by atoms with Gasteiger partial charge in [0.2, 0.25) is 0 Å².